The zero-order valence-corrected chi connectivity index (χ0v) is 17.0. The third kappa shape index (κ3) is 3.77. The van der Waals surface area contributed by atoms with Crippen LogP contribution >= 0.6 is 0 Å². The summed E-state index contributed by atoms with van der Waals surface area (Å²) in [6.07, 6.45) is 5.18. The van der Waals surface area contributed by atoms with Gasteiger partial charge in [0.2, 0.25) is 0 Å². The van der Waals surface area contributed by atoms with Crippen molar-refractivity contribution >= 4 is 11.7 Å². The molecule has 1 aromatic carbocycles. The molecular weight excluding hydrogens is 394 g/mol. The van der Waals surface area contributed by atoms with E-state index in [-0.39, 0.29) is 5.91 Å². The van der Waals surface area contributed by atoms with Crippen LogP contribution in [0.5, 0.6) is 0 Å². The van der Waals surface area contributed by atoms with Crippen molar-refractivity contribution in [3.63, 3.8) is 0 Å². The maximum atomic E-state index is 12.9. The van der Waals surface area contributed by atoms with Crippen LogP contribution in [-0.2, 0) is 0 Å². The number of benzene rings is 1. The SMILES string of the molecule is Cc1nccn1-c1cc(N2CCN(C(=O)c3cc(-c4ccccc4)on3)CC2)ncn1. The fourth-order valence-electron chi connectivity index (χ4n) is 3.68. The summed E-state index contributed by atoms with van der Waals surface area (Å²) in [5, 5.41) is 3.98. The van der Waals surface area contributed by atoms with Gasteiger partial charge in [-0.3, -0.25) is 9.36 Å². The highest BCUT2D eigenvalue weighted by atomic mass is 16.5. The van der Waals surface area contributed by atoms with Crippen molar-refractivity contribution in [3.8, 4) is 17.1 Å². The van der Waals surface area contributed by atoms with E-state index in [1.165, 1.54) is 0 Å². The fourth-order valence-corrected chi connectivity index (χ4v) is 3.68. The highest BCUT2D eigenvalue weighted by molar-refractivity contribution is 5.93. The molecule has 1 fully saturated rings. The molecule has 1 saturated heterocycles. The van der Waals surface area contributed by atoms with E-state index in [1.54, 1.807) is 23.5 Å². The molecule has 9 heteroatoms. The van der Waals surface area contributed by atoms with Gasteiger partial charge in [-0.05, 0) is 6.92 Å². The molecule has 0 unspecified atom stereocenters. The minimum Gasteiger partial charge on any atom is -0.355 e. The van der Waals surface area contributed by atoms with Crippen molar-refractivity contribution in [3.05, 3.63) is 72.7 Å². The lowest BCUT2D eigenvalue weighted by molar-refractivity contribution is 0.0736. The molecule has 31 heavy (non-hydrogen) atoms. The van der Waals surface area contributed by atoms with Crippen molar-refractivity contribution in [1.82, 2.24) is 29.6 Å². The van der Waals surface area contributed by atoms with Gasteiger partial charge in [0.25, 0.3) is 5.91 Å². The Morgan fingerprint density at radius 3 is 2.48 bits per heavy atom. The van der Waals surface area contributed by atoms with E-state index in [9.17, 15) is 4.79 Å². The lowest BCUT2D eigenvalue weighted by Gasteiger charge is -2.35. The Kier molecular flexibility index (Phi) is 4.91. The maximum Gasteiger partial charge on any atom is 0.276 e. The molecule has 1 aliphatic heterocycles. The topological polar surface area (TPSA) is 93.2 Å². The molecule has 0 atom stereocenters. The van der Waals surface area contributed by atoms with Crippen LogP contribution in [0.2, 0.25) is 0 Å². The quantitative estimate of drug-likeness (QED) is 0.506. The summed E-state index contributed by atoms with van der Waals surface area (Å²) in [4.78, 5) is 29.8. The van der Waals surface area contributed by atoms with Crippen LogP contribution in [0.4, 0.5) is 5.82 Å². The van der Waals surface area contributed by atoms with Gasteiger partial charge in [-0.25, -0.2) is 15.0 Å². The van der Waals surface area contributed by atoms with E-state index in [1.807, 2.05) is 54.1 Å². The molecule has 156 valence electrons. The number of nitrogens with zero attached hydrogens (tertiary/aromatic N) is 7. The monoisotopic (exact) mass is 415 g/mol. The van der Waals surface area contributed by atoms with Gasteiger partial charge in [0.05, 0.1) is 0 Å². The molecule has 0 spiro atoms. The van der Waals surface area contributed by atoms with Crippen molar-refractivity contribution < 1.29 is 9.32 Å². The van der Waals surface area contributed by atoms with Gasteiger partial charge in [0.1, 0.15) is 23.8 Å². The Labute approximate surface area is 179 Å². The van der Waals surface area contributed by atoms with Gasteiger partial charge in [-0.2, -0.15) is 0 Å². The Hall–Kier alpha value is -4.01. The smallest absolute Gasteiger partial charge is 0.276 e. The zero-order chi connectivity index (χ0) is 21.2. The predicted octanol–water partition coefficient (Wildman–Crippen LogP) is 2.59. The van der Waals surface area contributed by atoms with E-state index in [0.717, 1.165) is 23.0 Å². The lowest BCUT2D eigenvalue weighted by atomic mass is 10.1. The molecule has 0 saturated carbocycles. The molecule has 0 radical (unpaired) electrons. The number of hydrogen-bond acceptors (Lipinski definition) is 7. The van der Waals surface area contributed by atoms with Crippen LogP contribution in [-0.4, -0.2) is 61.7 Å². The summed E-state index contributed by atoms with van der Waals surface area (Å²) >= 11 is 0. The molecule has 4 heterocycles. The summed E-state index contributed by atoms with van der Waals surface area (Å²) in [5.74, 6) is 2.93. The molecule has 9 nitrogen and oxygen atoms in total. The molecular formula is C22H21N7O2. The van der Waals surface area contributed by atoms with Gasteiger partial charge >= 0.3 is 0 Å². The van der Waals surface area contributed by atoms with Crippen LogP contribution < -0.4 is 4.90 Å². The van der Waals surface area contributed by atoms with Crippen LogP contribution in [0, 0.1) is 6.92 Å². The minimum atomic E-state index is -0.122. The van der Waals surface area contributed by atoms with Crippen LogP contribution in [0.25, 0.3) is 17.1 Å². The normalized spacial score (nSPS) is 14.1. The second-order valence-electron chi connectivity index (χ2n) is 7.30. The largest absolute Gasteiger partial charge is 0.355 e. The van der Waals surface area contributed by atoms with Crippen molar-refractivity contribution in [2.75, 3.05) is 31.1 Å². The summed E-state index contributed by atoms with van der Waals surface area (Å²) in [7, 11) is 0. The highest BCUT2D eigenvalue weighted by Crippen LogP contribution is 2.22. The molecule has 1 aliphatic rings. The second-order valence-corrected chi connectivity index (χ2v) is 7.30. The molecule has 0 aliphatic carbocycles. The first-order valence-corrected chi connectivity index (χ1v) is 10.1. The maximum absolute atomic E-state index is 12.9. The molecule has 0 N–H and O–H groups in total. The number of carbonyl (C=O) groups excluding carboxylic acids is 1. The van der Waals surface area contributed by atoms with Gasteiger partial charge in [-0.15, -0.1) is 0 Å². The standard InChI is InChI=1S/C22H21N7O2/c1-16-23-7-8-29(16)21-14-20(24-15-25-21)27-9-11-28(12-10-27)22(30)18-13-19(31-26-18)17-5-3-2-4-6-17/h2-8,13-15H,9-12H2,1H3. The highest BCUT2D eigenvalue weighted by Gasteiger charge is 2.25. The third-order valence-electron chi connectivity index (χ3n) is 5.39. The zero-order valence-electron chi connectivity index (χ0n) is 17.0. The number of aryl methyl sites for hydroxylation is 1. The Morgan fingerprint density at radius 2 is 1.74 bits per heavy atom. The average molecular weight is 415 g/mol. The predicted molar refractivity (Wildman–Crippen MR) is 114 cm³/mol. The Bertz CT molecular complexity index is 1190. The number of piperazine rings is 1. The second kappa shape index (κ2) is 8.02. The van der Waals surface area contributed by atoms with Gasteiger partial charge in [0, 0.05) is 56.3 Å². The van der Waals surface area contributed by atoms with Crippen LogP contribution in [0.1, 0.15) is 16.3 Å². The lowest BCUT2D eigenvalue weighted by Crippen LogP contribution is -2.49. The number of aromatic nitrogens is 5. The number of imidazole rings is 1. The van der Waals surface area contributed by atoms with Crippen molar-refractivity contribution in [1.29, 1.82) is 0 Å². The van der Waals surface area contributed by atoms with Crippen molar-refractivity contribution in [2.45, 2.75) is 6.92 Å². The first-order chi connectivity index (χ1) is 15.2. The minimum absolute atomic E-state index is 0.122. The van der Waals surface area contributed by atoms with Gasteiger partial charge in [0.15, 0.2) is 11.5 Å². The fraction of sp³-hybridized carbons (Fsp3) is 0.227. The van der Waals surface area contributed by atoms with Crippen LogP contribution in [0.3, 0.4) is 0 Å². The van der Waals surface area contributed by atoms with Crippen LogP contribution in [0.15, 0.2) is 65.7 Å². The van der Waals surface area contributed by atoms with E-state index in [0.29, 0.717) is 37.6 Å². The number of carbonyl (C=O) groups is 1. The van der Waals surface area contributed by atoms with Crippen molar-refractivity contribution in [2.24, 2.45) is 0 Å². The summed E-state index contributed by atoms with van der Waals surface area (Å²) in [6, 6.07) is 13.3. The summed E-state index contributed by atoms with van der Waals surface area (Å²) in [6.45, 7) is 4.44. The van der Waals surface area contributed by atoms with E-state index in [2.05, 4.69) is 25.0 Å². The number of rotatable bonds is 4. The number of anilines is 1. The average Bonchev–Trinajstić information content (AvgIpc) is 3.49. The molecule has 5 rings (SSSR count). The first kappa shape index (κ1) is 19.0. The number of hydrogen-bond donors (Lipinski definition) is 0. The number of amides is 1. The Balaban J connectivity index is 1.25. The van der Waals surface area contributed by atoms with E-state index >= 15 is 0 Å². The van der Waals surface area contributed by atoms with E-state index in [4.69, 9.17) is 4.52 Å². The molecule has 0 bridgehead atoms. The van der Waals surface area contributed by atoms with E-state index < -0.39 is 0 Å². The summed E-state index contributed by atoms with van der Waals surface area (Å²) in [5.41, 5.74) is 1.22. The third-order valence-corrected chi connectivity index (χ3v) is 5.39. The molecule has 3 aromatic heterocycles. The van der Waals surface area contributed by atoms with Gasteiger partial charge in [-0.1, -0.05) is 35.5 Å². The Morgan fingerprint density at radius 1 is 0.968 bits per heavy atom. The molecule has 4 aromatic rings. The first-order valence-electron chi connectivity index (χ1n) is 10.1. The molecule has 1 amide bonds. The van der Waals surface area contributed by atoms with Gasteiger partial charge < -0.3 is 14.3 Å². The summed E-state index contributed by atoms with van der Waals surface area (Å²) < 4.78 is 7.30.